The molecule has 0 unspecified atom stereocenters. The van der Waals surface area contributed by atoms with E-state index >= 15 is 0 Å². The Morgan fingerprint density at radius 1 is 0.318 bits per heavy atom. The first-order valence-corrected chi connectivity index (χ1v) is 17.1. The number of fused-ring (bicyclic) bond motifs is 8. The van der Waals surface area contributed by atoms with Crippen molar-refractivity contribution in [2.24, 2.45) is 0 Å². The van der Waals surface area contributed by atoms with Gasteiger partial charge in [0, 0.05) is 61.7 Å². The molecule has 0 atom stereocenters. The average molecular weight is 822 g/mol. The van der Waals surface area contributed by atoms with E-state index in [-0.39, 0.29) is 0 Å². The zero-order chi connectivity index (χ0) is 29.4. The van der Waals surface area contributed by atoms with Gasteiger partial charge in [-0.25, -0.2) is 19.9 Å². The Labute approximate surface area is 284 Å². The van der Waals surface area contributed by atoms with Crippen LogP contribution in [-0.4, -0.2) is 19.9 Å². The van der Waals surface area contributed by atoms with Crippen molar-refractivity contribution in [3.63, 3.8) is 0 Å². The van der Waals surface area contributed by atoms with E-state index in [4.69, 9.17) is 19.9 Å². The van der Waals surface area contributed by atoms with Gasteiger partial charge in [0.25, 0.3) is 0 Å². The Bertz CT molecular complexity index is 2470. The van der Waals surface area contributed by atoms with Gasteiger partial charge >= 0.3 is 0 Å². The van der Waals surface area contributed by atoms with Crippen LogP contribution in [-0.2, 0) is 0 Å². The van der Waals surface area contributed by atoms with Gasteiger partial charge in [-0.05, 0) is 59.7 Å². The van der Waals surface area contributed by atoms with Crippen LogP contribution < -0.4 is 0 Å². The Kier molecular flexibility index (Phi) is 5.27. The molecular weight excluding hydrogens is 808 g/mol. The highest BCUT2D eigenvalue weighted by Gasteiger charge is 2.28. The number of nitrogens with zero attached hydrogens (tertiary/aromatic N) is 4. The van der Waals surface area contributed by atoms with Crippen LogP contribution in [0.15, 0.2) is 103 Å². The molecule has 6 aromatic carbocycles. The fourth-order valence-corrected chi connectivity index (χ4v) is 9.54. The summed E-state index contributed by atoms with van der Waals surface area (Å²) in [6, 6.07) is 29.5. The van der Waals surface area contributed by atoms with Gasteiger partial charge in [-0.2, -0.15) is 0 Å². The van der Waals surface area contributed by atoms with E-state index in [2.05, 4.69) is 149 Å². The second-order valence-corrected chi connectivity index (χ2v) is 14.5. The van der Waals surface area contributed by atoms with Crippen LogP contribution >= 0.6 is 63.7 Å². The molecule has 10 rings (SSSR count). The van der Waals surface area contributed by atoms with Gasteiger partial charge in [0.15, 0.2) is 0 Å². The minimum atomic E-state index is 0.864. The Morgan fingerprint density at radius 3 is 0.977 bits per heavy atom. The van der Waals surface area contributed by atoms with E-state index in [1.807, 2.05) is 0 Å². The van der Waals surface area contributed by atoms with Crippen LogP contribution in [0.5, 0.6) is 0 Å². The van der Waals surface area contributed by atoms with Crippen LogP contribution in [0.1, 0.15) is 0 Å². The second-order valence-electron chi connectivity index (χ2n) is 11.1. The molecule has 2 aromatic heterocycles. The summed E-state index contributed by atoms with van der Waals surface area (Å²) in [5.74, 6) is 0. The lowest BCUT2D eigenvalue weighted by molar-refractivity contribution is 1.31. The molecule has 0 amide bonds. The molecule has 0 saturated carbocycles. The second kappa shape index (κ2) is 9.01. The van der Waals surface area contributed by atoms with Crippen molar-refractivity contribution in [2.75, 3.05) is 0 Å². The van der Waals surface area contributed by atoms with Gasteiger partial charge < -0.3 is 0 Å². The molecule has 8 heteroatoms. The van der Waals surface area contributed by atoms with E-state index in [1.54, 1.807) is 0 Å². The summed E-state index contributed by atoms with van der Waals surface area (Å²) < 4.78 is 4.21. The van der Waals surface area contributed by atoms with Crippen LogP contribution in [0.3, 0.4) is 0 Å². The standard InChI is InChI=1S/C36H14Br4N4/c37-21-7-3-17-29-19(5-9-23(39)31(21)29)35-33(17)41-25-11-1-15(13-27(25)43-35)16-2-12-26-28(14-16)44-36-20-6-10-24(40)32-22(38)8-4-18(30(20)32)34(36)42-26/h1-14H. The highest BCUT2D eigenvalue weighted by Crippen LogP contribution is 2.51. The highest BCUT2D eigenvalue weighted by atomic mass is 79.9. The molecule has 2 aliphatic carbocycles. The lowest BCUT2D eigenvalue weighted by Crippen LogP contribution is -1.93. The molecular formula is C36H14Br4N4. The maximum atomic E-state index is 5.18. The maximum Gasteiger partial charge on any atom is 0.0979 e. The smallest absolute Gasteiger partial charge is 0.0979 e. The lowest BCUT2D eigenvalue weighted by atomic mass is 10.0. The van der Waals surface area contributed by atoms with Crippen molar-refractivity contribution in [2.45, 2.75) is 0 Å². The van der Waals surface area contributed by atoms with Crippen molar-refractivity contribution < 1.29 is 0 Å². The zero-order valence-electron chi connectivity index (χ0n) is 22.4. The van der Waals surface area contributed by atoms with Gasteiger partial charge in [0.2, 0.25) is 0 Å². The first kappa shape index (κ1) is 25.7. The normalized spacial score (nSPS) is 12.5. The van der Waals surface area contributed by atoms with Crippen LogP contribution in [0.4, 0.5) is 0 Å². The van der Waals surface area contributed by atoms with Crippen LogP contribution in [0, 0.1) is 0 Å². The number of benzene rings is 6. The van der Waals surface area contributed by atoms with Crippen LogP contribution in [0.2, 0.25) is 0 Å². The summed E-state index contributed by atoms with van der Waals surface area (Å²) >= 11 is 15.0. The maximum absolute atomic E-state index is 5.18. The molecule has 0 spiro atoms. The summed E-state index contributed by atoms with van der Waals surface area (Å²) in [5.41, 5.74) is 13.8. The Hall–Kier alpha value is -3.56. The average Bonchev–Trinajstić information content (AvgIpc) is 3.51. The largest absolute Gasteiger partial charge is 0.244 e. The molecule has 0 aliphatic heterocycles. The van der Waals surface area contributed by atoms with E-state index in [9.17, 15) is 0 Å². The predicted octanol–water partition coefficient (Wildman–Crippen LogP) is 11.9. The lowest BCUT2D eigenvalue weighted by Gasteiger charge is -2.08. The fourth-order valence-electron chi connectivity index (χ4n) is 6.84. The molecule has 0 N–H and O–H groups in total. The number of hydrogen-bond donors (Lipinski definition) is 0. The van der Waals surface area contributed by atoms with Crippen molar-refractivity contribution in [3.8, 4) is 56.2 Å². The van der Waals surface area contributed by atoms with Crippen molar-refractivity contribution in [1.82, 2.24) is 19.9 Å². The van der Waals surface area contributed by atoms with Gasteiger partial charge in [0.05, 0.1) is 44.8 Å². The number of hydrogen-bond acceptors (Lipinski definition) is 4. The topological polar surface area (TPSA) is 51.6 Å². The zero-order valence-corrected chi connectivity index (χ0v) is 28.7. The molecule has 206 valence electrons. The van der Waals surface area contributed by atoms with Gasteiger partial charge in [-0.1, -0.05) is 100 Å². The molecule has 4 nitrogen and oxygen atoms in total. The van der Waals surface area contributed by atoms with Crippen molar-refractivity contribution >= 4 is 107 Å². The fraction of sp³-hybridized carbons (Fsp3) is 0. The van der Waals surface area contributed by atoms with Crippen molar-refractivity contribution in [3.05, 3.63) is 103 Å². The van der Waals surface area contributed by atoms with Gasteiger partial charge in [0.1, 0.15) is 0 Å². The van der Waals surface area contributed by atoms with Crippen LogP contribution in [0.25, 0.3) is 99.8 Å². The van der Waals surface area contributed by atoms with E-state index in [0.717, 1.165) is 107 Å². The number of aromatic nitrogens is 4. The monoisotopic (exact) mass is 818 g/mol. The molecule has 2 heterocycles. The first-order valence-electron chi connectivity index (χ1n) is 13.9. The predicted molar refractivity (Wildman–Crippen MR) is 193 cm³/mol. The summed E-state index contributed by atoms with van der Waals surface area (Å²) in [5, 5.41) is 4.65. The van der Waals surface area contributed by atoms with E-state index < -0.39 is 0 Å². The summed E-state index contributed by atoms with van der Waals surface area (Å²) in [6.45, 7) is 0. The highest BCUT2D eigenvalue weighted by molar-refractivity contribution is 9.11. The molecule has 0 bridgehead atoms. The third-order valence-corrected chi connectivity index (χ3v) is 11.4. The van der Waals surface area contributed by atoms with E-state index in [1.165, 1.54) is 10.8 Å². The molecule has 0 saturated heterocycles. The summed E-state index contributed by atoms with van der Waals surface area (Å²) in [7, 11) is 0. The molecule has 0 radical (unpaired) electrons. The SMILES string of the molecule is Brc1ccc2c3c(ccc(Br)c13)-c1nc3cc(-c4ccc5nc6c(nc5c4)-c4ccc(Br)c5c(Br)ccc-6c45)ccc3nc1-2. The third-order valence-electron chi connectivity index (χ3n) is 8.80. The minimum Gasteiger partial charge on any atom is -0.244 e. The summed E-state index contributed by atoms with van der Waals surface area (Å²) in [6.07, 6.45) is 0. The number of halogens is 4. The van der Waals surface area contributed by atoms with Gasteiger partial charge in [-0.15, -0.1) is 0 Å². The molecule has 2 aliphatic rings. The number of rotatable bonds is 1. The third kappa shape index (κ3) is 3.37. The van der Waals surface area contributed by atoms with Crippen molar-refractivity contribution in [1.29, 1.82) is 0 Å². The first-order chi connectivity index (χ1) is 21.4. The molecule has 8 aromatic rings. The Morgan fingerprint density at radius 2 is 0.636 bits per heavy atom. The Balaban J connectivity index is 1.12. The molecule has 44 heavy (non-hydrogen) atoms. The van der Waals surface area contributed by atoms with E-state index in [0.29, 0.717) is 0 Å². The molecule has 0 fully saturated rings. The minimum absolute atomic E-state index is 0.864. The summed E-state index contributed by atoms with van der Waals surface area (Å²) in [4.78, 5) is 20.6. The van der Waals surface area contributed by atoms with Gasteiger partial charge in [-0.3, -0.25) is 0 Å². The quantitative estimate of drug-likeness (QED) is 0.165.